The van der Waals surface area contributed by atoms with Crippen molar-refractivity contribution in [3.8, 4) is 0 Å². The Kier molecular flexibility index (Phi) is 4.94. The SMILES string of the molecule is CC(NC(=O)Cc1ccccc1F)(c1ccccc1)c1ccccc1. The Bertz CT molecular complexity index is 807. The number of halogens is 1. The summed E-state index contributed by atoms with van der Waals surface area (Å²) in [5.41, 5.74) is 1.65. The van der Waals surface area contributed by atoms with E-state index < -0.39 is 5.54 Å². The molecule has 0 aliphatic carbocycles. The van der Waals surface area contributed by atoms with E-state index in [9.17, 15) is 9.18 Å². The molecule has 126 valence electrons. The van der Waals surface area contributed by atoms with Crippen molar-refractivity contribution < 1.29 is 9.18 Å². The molecule has 0 fully saturated rings. The van der Waals surface area contributed by atoms with Gasteiger partial charge in [0.15, 0.2) is 0 Å². The number of hydrogen-bond donors (Lipinski definition) is 1. The topological polar surface area (TPSA) is 29.1 Å². The minimum Gasteiger partial charge on any atom is -0.342 e. The quantitative estimate of drug-likeness (QED) is 0.734. The van der Waals surface area contributed by atoms with Crippen molar-refractivity contribution in [2.45, 2.75) is 18.9 Å². The first-order valence-electron chi connectivity index (χ1n) is 8.25. The molecule has 3 heteroatoms. The van der Waals surface area contributed by atoms with Crippen LogP contribution in [0.15, 0.2) is 84.9 Å². The Morgan fingerprint density at radius 3 is 1.84 bits per heavy atom. The van der Waals surface area contributed by atoms with Crippen LogP contribution in [0.1, 0.15) is 23.6 Å². The summed E-state index contributed by atoms with van der Waals surface area (Å²) in [6.07, 6.45) is 0.00192. The van der Waals surface area contributed by atoms with Crippen LogP contribution < -0.4 is 5.32 Å². The summed E-state index contributed by atoms with van der Waals surface area (Å²) in [6, 6.07) is 25.9. The summed E-state index contributed by atoms with van der Waals surface area (Å²) in [6.45, 7) is 1.97. The maximum Gasteiger partial charge on any atom is 0.225 e. The first-order chi connectivity index (χ1) is 12.1. The number of rotatable bonds is 5. The lowest BCUT2D eigenvalue weighted by atomic mass is 9.84. The number of hydrogen-bond acceptors (Lipinski definition) is 1. The molecule has 0 radical (unpaired) electrons. The molecule has 0 spiro atoms. The summed E-state index contributed by atoms with van der Waals surface area (Å²) in [5, 5.41) is 3.10. The van der Waals surface area contributed by atoms with Crippen LogP contribution in [-0.2, 0) is 16.8 Å². The second kappa shape index (κ2) is 7.31. The molecule has 0 saturated carbocycles. The van der Waals surface area contributed by atoms with E-state index in [4.69, 9.17) is 0 Å². The predicted octanol–water partition coefficient (Wildman–Crippen LogP) is 4.45. The Labute approximate surface area is 147 Å². The molecule has 0 unspecified atom stereocenters. The number of amides is 1. The summed E-state index contributed by atoms with van der Waals surface area (Å²) < 4.78 is 13.8. The highest BCUT2D eigenvalue weighted by Crippen LogP contribution is 2.29. The van der Waals surface area contributed by atoms with Crippen molar-refractivity contribution in [1.29, 1.82) is 0 Å². The molecule has 0 aliphatic rings. The molecule has 2 nitrogen and oxygen atoms in total. The van der Waals surface area contributed by atoms with Crippen molar-refractivity contribution in [2.24, 2.45) is 0 Å². The number of nitrogens with one attached hydrogen (secondary N) is 1. The minimum atomic E-state index is -0.690. The maximum atomic E-state index is 13.8. The Morgan fingerprint density at radius 2 is 1.32 bits per heavy atom. The highest BCUT2D eigenvalue weighted by Gasteiger charge is 2.30. The molecule has 0 atom stereocenters. The lowest BCUT2D eigenvalue weighted by Gasteiger charge is -2.32. The van der Waals surface area contributed by atoms with Gasteiger partial charge >= 0.3 is 0 Å². The van der Waals surface area contributed by atoms with Gasteiger partial charge < -0.3 is 5.32 Å². The van der Waals surface area contributed by atoms with Crippen molar-refractivity contribution >= 4 is 5.91 Å². The molecule has 3 rings (SSSR count). The molecular weight excluding hydrogens is 313 g/mol. The van der Waals surface area contributed by atoms with Crippen molar-refractivity contribution in [3.63, 3.8) is 0 Å². The van der Waals surface area contributed by atoms with Crippen LogP contribution in [0.5, 0.6) is 0 Å². The van der Waals surface area contributed by atoms with Gasteiger partial charge in [0, 0.05) is 0 Å². The molecule has 3 aromatic rings. The molecule has 0 saturated heterocycles. The van der Waals surface area contributed by atoms with Gasteiger partial charge in [-0.2, -0.15) is 0 Å². The monoisotopic (exact) mass is 333 g/mol. The smallest absolute Gasteiger partial charge is 0.225 e. The molecule has 0 aromatic heterocycles. The van der Waals surface area contributed by atoms with E-state index in [0.717, 1.165) is 11.1 Å². The second-order valence-corrected chi connectivity index (χ2v) is 6.17. The first kappa shape index (κ1) is 16.9. The van der Waals surface area contributed by atoms with Crippen LogP contribution in [0.25, 0.3) is 0 Å². The highest BCUT2D eigenvalue weighted by atomic mass is 19.1. The number of carbonyl (C=O) groups is 1. The minimum absolute atomic E-state index is 0.00192. The molecule has 0 bridgehead atoms. The van der Waals surface area contributed by atoms with Gasteiger partial charge in [0.2, 0.25) is 5.91 Å². The van der Waals surface area contributed by atoms with Gasteiger partial charge in [0.05, 0.1) is 12.0 Å². The Morgan fingerprint density at radius 1 is 0.840 bits per heavy atom. The van der Waals surface area contributed by atoms with E-state index in [1.54, 1.807) is 18.2 Å². The van der Waals surface area contributed by atoms with E-state index in [1.807, 2.05) is 67.6 Å². The zero-order valence-electron chi connectivity index (χ0n) is 14.1. The van der Waals surface area contributed by atoms with Crippen molar-refractivity contribution in [2.75, 3.05) is 0 Å². The van der Waals surface area contributed by atoms with Gasteiger partial charge in [-0.25, -0.2) is 4.39 Å². The van der Waals surface area contributed by atoms with Gasteiger partial charge in [-0.1, -0.05) is 78.9 Å². The van der Waals surface area contributed by atoms with Crippen molar-refractivity contribution in [3.05, 3.63) is 107 Å². The molecule has 0 aliphatic heterocycles. The third-order valence-corrected chi connectivity index (χ3v) is 4.40. The third kappa shape index (κ3) is 3.77. The van der Waals surface area contributed by atoms with E-state index in [2.05, 4.69) is 5.32 Å². The van der Waals surface area contributed by atoms with Crippen LogP contribution in [-0.4, -0.2) is 5.91 Å². The summed E-state index contributed by atoms with van der Waals surface area (Å²) in [5.74, 6) is -0.584. The van der Waals surface area contributed by atoms with Gasteiger partial charge in [-0.15, -0.1) is 0 Å². The normalized spacial score (nSPS) is 11.1. The fourth-order valence-corrected chi connectivity index (χ4v) is 2.99. The predicted molar refractivity (Wildman–Crippen MR) is 97.6 cm³/mol. The fourth-order valence-electron chi connectivity index (χ4n) is 2.99. The van der Waals surface area contributed by atoms with Crippen molar-refractivity contribution in [1.82, 2.24) is 5.32 Å². The molecule has 1 amide bonds. The zero-order chi connectivity index (χ0) is 17.7. The average Bonchev–Trinajstić information content (AvgIpc) is 2.65. The van der Waals surface area contributed by atoms with E-state index in [1.165, 1.54) is 6.07 Å². The van der Waals surface area contributed by atoms with Crippen LogP contribution in [0.4, 0.5) is 4.39 Å². The summed E-state index contributed by atoms with van der Waals surface area (Å²) in [7, 11) is 0. The Balaban J connectivity index is 1.91. The number of benzene rings is 3. The van der Waals surface area contributed by atoms with Crippen LogP contribution in [0, 0.1) is 5.82 Å². The fraction of sp³-hybridized carbons (Fsp3) is 0.136. The lowest BCUT2D eigenvalue weighted by molar-refractivity contribution is -0.121. The lowest BCUT2D eigenvalue weighted by Crippen LogP contribution is -2.45. The van der Waals surface area contributed by atoms with Gasteiger partial charge in [-0.3, -0.25) is 4.79 Å². The molecule has 3 aromatic carbocycles. The number of carbonyl (C=O) groups excluding carboxylic acids is 1. The van der Waals surface area contributed by atoms with Gasteiger partial charge in [0.25, 0.3) is 0 Å². The largest absolute Gasteiger partial charge is 0.342 e. The summed E-state index contributed by atoms with van der Waals surface area (Å²) in [4.78, 5) is 12.6. The molecule has 0 heterocycles. The Hall–Kier alpha value is -2.94. The second-order valence-electron chi connectivity index (χ2n) is 6.17. The third-order valence-electron chi connectivity index (χ3n) is 4.40. The standard InChI is InChI=1S/C22H20FNO/c1-22(18-11-4-2-5-12-18,19-13-6-3-7-14-19)24-21(25)16-17-10-8-9-15-20(17)23/h2-15H,16H2,1H3,(H,24,25). The van der Waals surface area contributed by atoms with Crippen LogP contribution in [0.2, 0.25) is 0 Å². The van der Waals surface area contributed by atoms with E-state index >= 15 is 0 Å². The molecule has 25 heavy (non-hydrogen) atoms. The maximum absolute atomic E-state index is 13.8. The zero-order valence-corrected chi connectivity index (χ0v) is 14.1. The summed E-state index contributed by atoms with van der Waals surface area (Å²) >= 11 is 0. The average molecular weight is 333 g/mol. The molecule has 1 N–H and O–H groups in total. The van der Waals surface area contributed by atoms with Crippen LogP contribution in [0.3, 0.4) is 0 Å². The van der Waals surface area contributed by atoms with Gasteiger partial charge in [0.1, 0.15) is 5.82 Å². The first-order valence-corrected chi connectivity index (χ1v) is 8.25. The van der Waals surface area contributed by atoms with Crippen LogP contribution >= 0.6 is 0 Å². The van der Waals surface area contributed by atoms with Gasteiger partial charge in [-0.05, 0) is 29.7 Å². The highest BCUT2D eigenvalue weighted by molar-refractivity contribution is 5.80. The molecular formula is C22H20FNO. The van der Waals surface area contributed by atoms with E-state index in [0.29, 0.717) is 5.56 Å². The van der Waals surface area contributed by atoms with E-state index in [-0.39, 0.29) is 18.1 Å².